The van der Waals surface area contributed by atoms with Crippen LogP contribution in [0.2, 0.25) is 0 Å². The van der Waals surface area contributed by atoms with Crippen LogP contribution in [0.3, 0.4) is 0 Å². The van der Waals surface area contributed by atoms with E-state index < -0.39 is 0 Å². The zero-order valence-corrected chi connectivity index (χ0v) is 14.4. The monoisotopic (exact) mass is 296 g/mol. The summed E-state index contributed by atoms with van der Waals surface area (Å²) >= 11 is 2.12. The van der Waals surface area contributed by atoms with E-state index in [0.29, 0.717) is 10.3 Å². The minimum Gasteiger partial charge on any atom is -0.308 e. The fraction of sp³-hybridized carbons (Fsp3) is 1.00. The van der Waals surface area contributed by atoms with E-state index in [0.717, 1.165) is 12.0 Å². The Morgan fingerprint density at radius 3 is 2.40 bits per heavy atom. The van der Waals surface area contributed by atoms with E-state index >= 15 is 0 Å². The van der Waals surface area contributed by atoms with Crippen LogP contribution in [0.4, 0.5) is 0 Å². The van der Waals surface area contributed by atoms with E-state index in [2.05, 4.69) is 42.1 Å². The SMILES string of the molecule is CSC1(CN2CC3(CCCCC3)NCC2C(C)C)CC1. The molecule has 0 amide bonds. The first-order chi connectivity index (χ1) is 9.58. The van der Waals surface area contributed by atoms with Crippen molar-refractivity contribution in [2.45, 2.75) is 75.1 Å². The number of rotatable bonds is 4. The molecule has 1 aliphatic heterocycles. The molecule has 1 saturated heterocycles. The molecular formula is C17H32N2S. The highest BCUT2D eigenvalue weighted by Crippen LogP contribution is 2.48. The third-order valence-corrected chi connectivity index (χ3v) is 7.38. The molecule has 0 bridgehead atoms. The largest absolute Gasteiger partial charge is 0.308 e. The minimum atomic E-state index is 0.456. The first-order valence-corrected chi connectivity index (χ1v) is 9.85. The van der Waals surface area contributed by atoms with E-state index in [-0.39, 0.29) is 0 Å². The van der Waals surface area contributed by atoms with Gasteiger partial charge < -0.3 is 5.32 Å². The standard InChI is InChI=1S/C17H32N2S/c1-14(2)15-11-18-16(7-5-4-6-8-16)12-19(15)13-17(20-3)9-10-17/h14-15,18H,4-13H2,1-3H3. The molecule has 116 valence electrons. The molecule has 0 aromatic rings. The Hall–Kier alpha value is 0.270. The van der Waals surface area contributed by atoms with E-state index in [1.165, 1.54) is 64.6 Å². The van der Waals surface area contributed by atoms with Crippen molar-refractivity contribution in [2.75, 3.05) is 25.9 Å². The third-order valence-electron chi connectivity index (χ3n) is 5.97. The fourth-order valence-corrected chi connectivity index (χ4v) is 5.15. The van der Waals surface area contributed by atoms with Crippen molar-refractivity contribution >= 4 is 11.8 Å². The summed E-state index contributed by atoms with van der Waals surface area (Å²) in [6.07, 6.45) is 12.3. The quantitative estimate of drug-likeness (QED) is 0.854. The Morgan fingerprint density at radius 1 is 1.15 bits per heavy atom. The lowest BCUT2D eigenvalue weighted by atomic mass is 9.78. The van der Waals surface area contributed by atoms with Gasteiger partial charge in [0.25, 0.3) is 0 Å². The molecular weight excluding hydrogens is 264 g/mol. The number of hydrogen-bond acceptors (Lipinski definition) is 3. The smallest absolute Gasteiger partial charge is 0.0309 e. The molecule has 2 saturated carbocycles. The molecule has 3 aliphatic rings. The number of nitrogens with one attached hydrogen (secondary N) is 1. The molecule has 20 heavy (non-hydrogen) atoms. The molecule has 0 aromatic carbocycles. The summed E-state index contributed by atoms with van der Waals surface area (Å²) in [5.41, 5.74) is 0.456. The van der Waals surface area contributed by atoms with Crippen molar-refractivity contribution in [1.29, 1.82) is 0 Å². The topological polar surface area (TPSA) is 15.3 Å². The van der Waals surface area contributed by atoms with Gasteiger partial charge in [-0.05, 0) is 37.9 Å². The van der Waals surface area contributed by atoms with Gasteiger partial charge in [-0.1, -0.05) is 33.1 Å². The molecule has 3 fully saturated rings. The second kappa shape index (κ2) is 5.81. The van der Waals surface area contributed by atoms with Crippen LogP contribution in [0.1, 0.15) is 58.8 Å². The van der Waals surface area contributed by atoms with Crippen molar-refractivity contribution in [3.05, 3.63) is 0 Å². The Labute approximate surface area is 129 Å². The maximum atomic E-state index is 3.97. The number of thioether (sulfide) groups is 1. The summed E-state index contributed by atoms with van der Waals surface area (Å²) in [6, 6.07) is 0.743. The number of nitrogens with zero attached hydrogens (tertiary/aromatic N) is 1. The van der Waals surface area contributed by atoms with Crippen LogP contribution in [0.5, 0.6) is 0 Å². The molecule has 1 atom stereocenters. The molecule has 1 N–H and O–H groups in total. The van der Waals surface area contributed by atoms with Crippen LogP contribution in [0.15, 0.2) is 0 Å². The second-order valence-corrected chi connectivity index (χ2v) is 9.10. The molecule has 0 radical (unpaired) electrons. The Morgan fingerprint density at radius 2 is 1.85 bits per heavy atom. The highest BCUT2D eigenvalue weighted by Gasteiger charge is 2.48. The van der Waals surface area contributed by atoms with Crippen molar-refractivity contribution in [1.82, 2.24) is 10.2 Å². The van der Waals surface area contributed by atoms with Gasteiger partial charge in [-0.3, -0.25) is 4.90 Å². The van der Waals surface area contributed by atoms with Gasteiger partial charge in [0.15, 0.2) is 0 Å². The van der Waals surface area contributed by atoms with E-state index in [9.17, 15) is 0 Å². The molecule has 3 heteroatoms. The van der Waals surface area contributed by atoms with Crippen LogP contribution in [-0.4, -0.2) is 47.1 Å². The van der Waals surface area contributed by atoms with Gasteiger partial charge in [0.1, 0.15) is 0 Å². The molecule has 1 spiro atoms. The Balaban J connectivity index is 1.70. The predicted octanol–water partition coefficient (Wildman–Crippen LogP) is 3.51. The van der Waals surface area contributed by atoms with Crippen molar-refractivity contribution in [2.24, 2.45) is 5.92 Å². The van der Waals surface area contributed by atoms with Gasteiger partial charge in [0, 0.05) is 36.0 Å². The zero-order chi connectivity index (χ0) is 14.2. The highest BCUT2D eigenvalue weighted by molar-refractivity contribution is 8.00. The van der Waals surface area contributed by atoms with E-state index in [1.807, 2.05) is 0 Å². The third kappa shape index (κ3) is 3.05. The molecule has 1 unspecified atom stereocenters. The van der Waals surface area contributed by atoms with Gasteiger partial charge >= 0.3 is 0 Å². The number of piperazine rings is 1. The van der Waals surface area contributed by atoms with Crippen LogP contribution in [0.25, 0.3) is 0 Å². The average Bonchev–Trinajstić information content (AvgIpc) is 3.20. The molecule has 0 aromatic heterocycles. The second-order valence-electron chi connectivity index (χ2n) is 7.83. The maximum Gasteiger partial charge on any atom is 0.0309 e. The van der Waals surface area contributed by atoms with Crippen molar-refractivity contribution in [3.8, 4) is 0 Å². The molecule has 1 heterocycles. The Kier molecular flexibility index (Phi) is 4.41. The summed E-state index contributed by atoms with van der Waals surface area (Å²) in [4.78, 5) is 2.87. The van der Waals surface area contributed by atoms with Gasteiger partial charge in [0.05, 0.1) is 0 Å². The average molecular weight is 297 g/mol. The predicted molar refractivity (Wildman–Crippen MR) is 89.5 cm³/mol. The van der Waals surface area contributed by atoms with E-state index in [1.54, 1.807) is 0 Å². The summed E-state index contributed by atoms with van der Waals surface area (Å²) in [7, 11) is 0. The Bertz CT molecular complexity index is 332. The van der Waals surface area contributed by atoms with Crippen molar-refractivity contribution in [3.63, 3.8) is 0 Å². The van der Waals surface area contributed by atoms with Gasteiger partial charge in [-0.25, -0.2) is 0 Å². The molecule has 2 aliphatic carbocycles. The zero-order valence-electron chi connectivity index (χ0n) is 13.6. The summed E-state index contributed by atoms with van der Waals surface area (Å²) in [5.74, 6) is 0.765. The summed E-state index contributed by atoms with van der Waals surface area (Å²) in [6.45, 7) is 8.65. The highest BCUT2D eigenvalue weighted by atomic mass is 32.2. The minimum absolute atomic E-state index is 0.456. The fourth-order valence-electron chi connectivity index (χ4n) is 4.34. The van der Waals surface area contributed by atoms with Crippen LogP contribution >= 0.6 is 11.8 Å². The lowest BCUT2D eigenvalue weighted by molar-refractivity contribution is 0.0357. The first-order valence-electron chi connectivity index (χ1n) is 8.62. The first kappa shape index (κ1) is 15.2. The lowest BCUT2D eigenvalue weighted by Crippen LogP contribution is -2.66. The number of hydrogen-bond donors (Lipinski definition) is 1. The van der Waals surface area contributed by atoms with E-state index in [4.69, 9.17) is 0 Å². The molecule has 2 nitrogen and oxygen atoms in total. The normalized spacial score (nSPS) is 32.7. The lowest BCUT2D eigenvalue weighted by Gasteiger charge is -2.51. The van der Waals surface area contributed by atoms with Crippen LogP contribution in [0, 0.1) is 5.92 Å². The summed E-state index contributed by atoms with van der Waals surface area (Å²) < 4.78 is 0.611. The van der Waals surface area contributed by atoms with Crippen LogP contribution in [-0.2, 0) is 0 Å². The van der Waals surface area contributed by atoms with Gasteiger partial charge in [-0.15, -0.1) is 0 Å². The van der Waals surface area contributed by atoms with Gasteiger partial charge in [-0.2, -0.15) is 11.8 Å². The van der Waals surface area contributed by atoms with Crippen molar-refractivity contribution < 1.29 is 0 Å². The summed E-state index contributed by atoms with van der Waals surface area (Å²) in [5, 5.41) is 3.97. The van der Waals surface area contributed by atoms with Crippen LogP contribution < -0.4 is 5.32 Å². The molecule has 3 rings (SSSR count). The maximum absolute atomic E-state index is 3.97. The van der Waals surface area contributed by atoms with Gasteiger partial charge in [0.2, 0.25) is 0 Å².